The van der Waals surface area contributed by atoms with Gasteiger partial charge in [-0.25, -0.2) is 0 Å². The van der Waals surface area contributed by atoms with E-state index in [4.69, 9.17) is 0 Å². The molecule has 1 heterocycles. The van der Waals surface area contributed by atoms with Gasteiger partial charge in [-0.15, -0.1) is 0 Å². The molecule has 24 heavy (non-hydrogen) atoms. The first kappa shape index (κ1) is 16.6. The molecule has 3 rings (SSSR count). The Morgan fingerprint density at radius 2 is 1.75 bits per heavy atom. The van der Waals surface area contributed by atoms with Crippen molar-refractivity contribution >= 4 is 23.2 Å². The van der Waals surface area contributed by atoms with Gasteiger partial charge in [0.1, 0.15) is 0 Å². The average molecular weight is 327 g/mol. The van der Waals surface area contributed by atoms with Crippen molar-refractivity contribution in [1.82, 2.24) is 4.90 Å². The Labute approximate surface area is 143 Å². The van der Waals surface area contributed by atoms with Gasteiger partial charge in [0.25, 0.3) is 0 Å². The van der Waals surface area contributed by atoms with Crippen LogP contribution in [0.3, 0.4) is 0 Å². The second-order valence-electron chi connectivity index (χ2n) is 6.61. The Morgan fingerprint density at radius 1 is 1.08 bits per heavy atom. The van der Waals surface area contributed by atoms with E-state index in [9.17, 15) is 9.59 Å². The van der Waals surface area contributed by atoms with E-state index in [2.05, 4.69) is 17.2 Å². The largest absolute Gasteiger partial charge is 0.381 e. The molecule has 1 aliphatic carbocycles. The van der Waals surface area contributed by atoms with E-state index in [-0.39, 0.29) is 17.7 Å². The van der Waals surface area contributed by atoms with Gasteiger partial charge < -0.3 is 15.5 Å². The highest BCUT2D eigenvalue weighted by Crippen LogP contribution is 2.29. The summed E-state index contributed by atoms with van der Waals surface area (Å²) in [5, 5.41) is 6.57. The number of hydrogen-bond donors (Lipinski definition) is 2. The lowest BCUT2D eigenvalue weighted by molar-refractivity contribution is -0.130. The number of benzene rings is 1. The molecule has 2 aliphatic rings. The van der Waals surface area contributed by atoms with Crippen LogP contribution >= 0.6 is 0 Å². The van der Waals surface area contributed by atoms with Crippen molar-refractivity contribution in [3.63, 3.8) is 0 Å². The van der Waals surface area contributed by atoms with E-state index in [1.54, 1.807) is 4.90 Å². The van der Waals surface area contributed by atoms with Crippen molar-refractivity contribution < 1.29 is 9.59 Å². The minimum atomic E-state index is -0.0519. The number of likely N-dealkylation sites (tertiary alicyclic amines) is 1. The number of carbonyl (C=O) groups is 2. The topological polar surface area (TPSA) is 61.4 Å². The lowest BCUT2D eigenvalue weighted by Crippen LogP contribution is -2.40. The molecular formula is C19H25N3O2. The molecule has 1 saturated heterocycles. The van der Waals surface area contributed by atoms with Crippen molar-refractivity contribution in [2.75, 3.05) is 23.7 Å². The maximum atomic E-state index is 12.6. The zero-order valence-corrected chi connectivity index (χ0v) is 14.0. The summed E-state index contributed by atoms with van der Waals surface area (Å²) >= 11 is 0. The Bertz CT molecular complexity index is 617. The molecule has 2 N–H and O–H groups in total. The SMILES string of the molecule is C=CC(=O)N1CCC(C(=O)Nc2ccccc2NC2CCC2)CC1. The second kappa shape index (κ2) is 7.51. The molecule has 5 heteroatoms. The Balaban J connectivity index is 1.57. The number of carbonyl (C=O) groups excluding carboxylic acids is 2. The summed E-state index contributed by atoms with van der Waals surface area (Å²) in [6.45, 7) is 4.75. The molecule has 0 spiro atoms. The molecule has 1 aliphatic heterocycles. The molecule has 5 nitrogen and oxygen atoms in total. The fourth-order valence-corrected chi connectivity index (χ4v) is 3.22. The van der Waals surface area contributed by atoms with Crippen LogP contribution in [0.5, 0.6) is 0 Å². The van der Waals surface area contributed by atoms with Gasteiger partial charge in [0, 0.05) is 25.0 Å². The number of amides is 2. The summed E-state index contributed by atoms with van der Waals surface area (Å²) in [6.07, 6.45) is 6.39. The summed E-state index contributed by atoms with van der Waals surface area (Å²) in [5.41, 5.74) is 1.84. The molecule has 0 atom stereocenters. The molecule has 0 radical (unpaired) electrons. The molecule has 1 saturated carbocycles. The number of anilines is 2. The van der Waals surface area contributed by atoms with Crippen LogP contribution in [0.1, 0.15) is 32.1 Å². The van der Waals surface area contributed by atoms with Gasteiger partial charge >= 0.3 is 0 Å². The first-order chi connectivity index (χ1) is 11.7. The lowest BCUT2D eigenvalue weighted by Gasteiger charge is -2.31. The number of hydrogen-bond acceptors (Lipinski definition) is 3. The third-order valence-corrected chi connectivity index (χ3v) is 5.00. The van der Waals surface area contributed by atoms with E-state index < -0.39 is 0 Å². The molecule has 2 amide bonds. The van der Waals surface area contributed by atoms with Crippen molar-refractivity contribution in [1.29, 1.82) is 0 Å². The zero-order chi connectivity index (χ0) is 16.9. The Morgan fingerprint density at radius 3 is 2.33 bits per heavy atom. The molecular weight excluding hydrogens is 302 g/mol. The van der Waals surface area contributed by atoms with Crippen molar-refractivity contribution in [2.45, 2.75) is 38.1 Å². The first-order valence-corrected chi connectivity index (χ1v) is 8.75. The van der Waals surface area contributed by atoms with Gasteiger partial charge in [0.2, 0.25) is 11.8 Å². The van der Waals surface area contributed by atoms with E-state index >= 15 is 0 Å². The van der Waals surface area contributed by atoms with Gasteiger partial charge in [0.15, 0.2) is 0 Å². The molecule has 0 aromatic heterocycles. The highest BCUT2D eigenvalue weighted by molar-refractivity contribution is 5.96. The minimum absolute atomic E-state index is 0.0450. The van der Waals surface area contributed by atoms with Gasteiger partial charge in [-0.05, 0) is 50.3 Å². The van der Waals surface area contributed by atoms with E-state index in [0.717, 1.165) is 11.4 Å². The molecule has 0 bridgehead atoms. The highest BCUT2D eigenvalue weighted by Gasteiger charge is 2.27. The van der Waals surface area contributed by atoms with E-state index in [0.29, 0.717) is 32.0 Å². The third kappa shape index (κ3) is 3.78. The smallest absolute Gasteiger partial charge is 0.245 e. The van der Waals surface area contributed by atoms with Crippen molar-refractivity contribution in [2.24, 2.45) is 5.92 Å². The normalized spacial score (nSPS) is 18.6. The van der Waals surface area contributed by atoms with Crippen LogP contribution in [-0.4, -0.2) is 35.8 Å². The number of rotatable bonds is 5. The van der Waals surface area contributed by atoms with E-state index in [1.165, 1.54) is 25.3 Å². The van der Waals surface area contributed by atoms with Gasteiger partial charge in [0.05, 0.1) is 11.4 Å². The fourth-order valence-electron chi connectivity index (χ4n) is 3.22. The summed E-state index contributed by atoms with van der Waals surface area (Å²) in [6, 6.07) is 8.40. The van der Waals surface area contributed by atoms with Crippen LogP contribution in [0, 0.1) is 5.92 Å². The van der Waals surface area contributed by atoms with Crippen LogP contribution in [-0.2, 0) is 9.59 Å². The van der Waals surface area contributed by atoms with Crippen LogP contribution in [0.2, 0.25) is 0 Å². The Hall–Kier alpha value is -2.30. The average Bonchev–Trinajstić information content (AvgIpc) is 2.58. The maximum Gasteiger partial charge on any atom is 0.245 e. The van der Waals surface area contributed by atoms with E-state index in [1.807, 2.05) is 24.3 Å². The summed E-state index contributed by atoms with van der Waals surface area (Å²) in [7, 11) is 0. The zero-order valence-electron chi connectivity index (χ0n) is 14.0. The highest BCUT2D eigenvalue weighted by atomic mass is 16.2. The van der Waals surface area contributed by atoms with Crippen LogP contribution < -0.4 is 10.6 Å². The number of piperidine rings is 1. The predicted octanol–water partition coefficient (Wildman–Crippen LogP) is 3.01. The summed E-state index contributed by atoms with van der Waals surface area (Å²) in [4.78, 5) is 25.9. The molecule has 1 aromatic rings. The molecule has 2 fully saturated rings. The standard InChI is InChI=1S/C19H25N3O2/c1-2-18(23)22-12-10-14(11-13-22)19(24)21-17-9-4-3-8-16(17)20-15-6-5-7-15/h2-4,8-9,14-15,20H,1,5-7,10-13H2,(H,21,24). The molecule has 1 aromatic carbocycles. The summed E-state index contributed by atoms with van der Waals surface area (Å²) in [5.74, 6) is -0.0527. The number of nitrogens with zero attached hydrogens (tertiary/aromatic N) is 1. The third-order valence-electron chi connectivity index (χ3n) is 5.00. The van der Waals surface area contributed by atoms with Gasteiger partial charge in [-0.3, -0.25) is 9.59 Å². The summed E-state index contributed by atoms with van der Waals surface area (Å²) < 4.78 is 0. The van der Waals surface area contributed by atoms with Gasteiger partial charge in [-0.1, -0.05) is 18.7 Å². The quantitative estimate of drug-likeness (QED) is 0.817. The first-order valence-electron chi connectivity index (χ1n) is 8.75. The minimum Gasteiger partial charge on any atom is -0.381 e. The maximum absolute atomic E-state index is 12.6. The van der Waals surface area contributed by atoms with Crippen LogP contribution in [0.4, 0.5) is 11.4 Å². The van der Waals surface area contributed by atoms with Crippen molar-refractivity contribution in [3.05, 3.63) is 36.9 Å². The predicted molar refractivity (Wildman–Crippen MR) is 95.8 cm³/mol. The second-order valence-corrected chi connectivity index (χ2v) is 6.61. The van der Waals surface area contributed by atoms with Gasteiger partial charge in [-0.2, -0.15) is 0 Å². The Kier molecular flexibility index (Phi) is 5.18. The number of nitrogens with one attached hydrogen (secondary N) is 2. The lowest BCUT2D eigenvalue weighted by atomic mass is 9.93. The monoisotopic (exact) mass is 327 g/mol. The van der Waals surface area contributed by atoms with Crippen LogP contribution in [0.25, 0.3) is 0 Å². The number of para-hydroxylation sites is 2. The fraction of sp³-hybridized carbons (Fsp3) is 0.474. The van der Waals surface area contributed by atoms with Crippen LogP contribution in [0.15, 0.2) is 36.9 Å². The molecule has 128 valence electrons. The van der Waals surface area contributed by atoms with Crippen molar-refractivity contribution in [3.8, 4) is 0 Å². The molecule has 0 unspecified atom stereocenters.